The molecule has 5 rings (SSSR count). The summed E-state index contributed by atoms with van der Waals surface area (Å²) in [6.07, 6.45) is 0.713. The highest BCUT2D eigenvalue weighted by atomic mass is 79.9. The number of hydrogen-bond donors (Lipinski definition) is 0. The van der Waals surface area contributed by atoms with Crippen LogP contribution in [0.3, 0.4) is 0 Å². The van der Waals surface area contributed by atoms with Crippen LogP contribution < -0.4 is 0 Å². The first-order valence-corrected chi connectivity index (χ1v) is 13.3. The van der Waals surface area contributed by atoms with Crippen molar-refractivity contribution in [1.82, 2.24) is 10.0 Å². The maximum absolute atomic E-state index is 13.6. The standard InChI is InChI=1S/C24H18Br2ClN3O6/c25-20-15-9-16(21(20)26)19-18(15)23(33)29(24(19)34)28(22(32)11-4-6-13(27)7-5-11)10-17(31)12-2-1-3-14(8-12)30(35)36/h1-8,15-16,18-21H,9-10H2/t15-,16-,18-,19+,20+,21+/m1/s1. The molecule has 1 aliphatic heterocycles. The van der Waals surface area contributed by atoms with Gasteiger partial charge in [-0.25, -0.2) is 5.01 Å². The van der Waals surface area contributed by atoms with Crippen molar-refractivity contribution in [1.29, 1.82) is 0 Å². The van der Waals surface area contributed by atoms with Gasteiger partial charge in [-0.1, -0.05) is 55.6 Å². The smallest absolute Gasteiger partial charge is 0.273 e. The summed E-state index contributed by atoms with van der Waals surface area (Å²) in [4.78, 5) is 64.5. The molecule has 2 bridgehead atoms. The maximum Gasteiger partial charge on any atom is 0.273 e. The lowest BCUT2D eigenvalue weighted by atomic mass is 9.81. The number of ketones is 1. The van der Waals surface area contributed by atoms with E-state index in [1.54, 1.807) is 0 Å². The second-order valence-electron chi connectivity index (χ2n) is 9.09. The normalized spacial score (nSPS) is 28.4. The Kier molecular flexibility index (Phi) is 6.50. The Balaban J connectivity index is 1.51. The van der Waals surface area contributed by atoms with Crippen molar-refractivity contribution >= 4 is 72.7 Å². The van der Waals surface area contributed by atoms with Gasteiger partial charge < -0.3 is 0 Å². The molecule has 3 fully saturated rings. The van der Waals surface area contributed by atoms with Crippen LogP contribution in [0.5, 0.6) is 0 Å². The molecule has 2 aromatic carbocycles. The average molecular weight is 640 g/mol. The highest BCUT2D eigenvalue weighted by Crippen LogP contribution is 2.60. The van der Waals surface area contributed by atoms with E-state index in [1.807, 2.05) is 0 Å². The molecule has 2 saturated carbocycles. The molecule has 1 heterocycles. The molecule has 2 aliphatic carbocycles. The van der Waals surface area contributed by atoms with Gasteiger partial charge in [0, 0.05) is 37.9 Å². The van der Waals surface area contributed by atoms with Crippen LogP contribution in [0.4, 0.5) is 5.69 Å². The van der Waals surface area contributed by atoms with E-state index >= 15 is 0 Å². The van der Waals surface area contributed by atoms with E-state index in [-0.39, 0.29) is 38.3 Å². The lowest BCUT2D eigenvalue weighted by Crippen LogP contribution is -2.52. The molecule has 0 aromatic heterocycles. The second kappa shape index (κ2) is 9.35. The van der Waals surface area contributed by atoms with Gasteiger partial charge in [0.2, 0.25) is 0 Å². The number of non-ortho nitro benzene ring substituents is 1. The van der Waals surface area contributed by atoms with Crippen LogP contribution in [-0.2, 0) is 9.59 Å². The van der Waals surface area contributed by atoms with E-state index in [1.165, 1.54) is 42.5 Å². The summed E-state index contributed by atoms with van der Waals surface area (Å²) >= 11 is 13.2. The predicted molar refractivity (Wildman–Crippen MR) is 136 cm³/mol. The Morgan fingerprint density at radius 1 is 1.00 bits per heavy atom. The summed E-state index contributed by atoms with van der Waals surface area (Å²) in [5.74, 6) is -3.76. The zero-order chi connectivity index (χ0) is 25.9. The van der Waals surface area contributed by atoms with E-state index in [2.05, 4.69) is 31.9 Å². The zero-order valence-corrected chi connectivity index (χ0v) is 22.4. The Labute approximate surface area is 227 Å². The molecule has 186 valence electrons. The number of benzene rings is 2. The molecule has 2 aromatic rings. The Morgan fingerprint density at radius 3 is 2.14 bits per heavy atom. The number of carbonyl (C=O) groups excluding carboxylic acids is 4. The molecule has 1 saturated heterocycles. The first-order chi connectivity index (χ1) is 17.1. The summed E-state index contributed by atoms with van der Waals surface area (Å²) in [5, 5.41) is 13.2. The molecule has 12 heteroatoms. The van der Waals surface area contributed by atoms with Crippen LogP contribution in [0.2, 0.25) is 5.02 Å². The molecule has 0 unspecified atom stereocenters. The van der Waals surface area contributed by atoms with Crippen molar-refractivity contribution in [2.45, 2.75) is 16.1 Å². The van der Waals surface area contributed by atoms with Gasteiger partial charge >= 0.3 is 0 Å². The fraction of sp³-hybridized carbons (Fsp3) is 0.333. The van der Waals surface area contributed by atoms with E-state index in [4.69, 9.17) is 11.6 Å². The van der Waals surface area contributed by atoms with Crippen molar-refractivity contribution < 1.29 is 24.1 Å². The summed E-state index contributed by atoms with van der Waals surface area (Å²) in [6, 6.07) is 10.9. The first-order valence-electron chi connectivity index (χ1n) is 11.1. The third kappa shape index (κ3) is 3.97. The van der Waals surface area contributed by atoms with E-state index in [0.29, 0.717) is 11.4 Å². The summed E-state index contributed by atoms with van der Waals surface area (Å²) in [5.41, 5.74) is -0.176. The van der Waals surface area contributed by atoms with Gasteiger partial charge in [0.25, 0.3) is 23.4 Å². The first kappa shape index (κ1) is 25.0. The highest BCUT2D eigenvalue weighted by Gasteiger charge is 2.67. The maximum atomic E-state index is 13.6. The molecule has 0 spiro atoms. The molecule has 3 amide bonds. The minimum Gasteiger partial charge on any atom is -0.292 e. The number of hydrazine groups is 1. The van der Waals surface area contributed by atoms with Crippen molar-refractivity contribution in [3.8, 4) is 0 Å². The molecule has 9 nitrogen and oxygen atoms in total. The minimum atomic E-state index is -0.731. The molecule has 36 heavy (non-hydrogen) atoms. The fourth-order valence-corrected chi connectivity index (χ4v) is 7.57. The Bertz CT molecular complexity index is 1270. The largest absolute Gasteiger partial charge is 0.292 e. The lowest BCUT2D eigenvalue weighted by Gasteiger charge is -2.30. The van der Waals surface area contributed by atoms with Crippen molar-refractivity contribution in [2.75, 3.05) is 6.54 Å². The van der Waals surface area contributed by atoms with Gasteiger partial charge in [-0.2, -0.15) is 5.01 Å². The third-order valence-corrected chi connectivity index (χ3v) is 10.7. The van der Waals surface area contributed by atoms with Crippen LogP contribution in [0.25, 0.3) is 0 Å². The van der Waals surface area contributed by atoms with E-state index in [0.717, 1.165) is 16.1 Å². The van der Waals surface area contributed by atoms with Crippen LogP contribution in [-0.4, -0.2) is 54.6 Å². The third-order valence-electron chi connectivity index (χ3n) is 7.20. The number of Topliss-reactive ketones (excluding diaryl/α,β-unsaturated/α-hetero) is 1. The van der Waals surface area contributed by atoms with E-state index < -0.39 is 46.8 Å². The predicted octanol–water partition coefficient (Wildman–Crippen LogP) is 4.27. The number of amides is 3. The van der Waals surface area contributed by atoms with E-state index in [9.17, 15) is 29.3 Å². The highest BCUT2D eigenvalue weighted by molar-refractivity contribution is 9.12. The summed E-state index contributed by atoms with van der Waals surface area (Å²) < 4.78 is 0. The Hall–Kier alpha value is -2.63. The second-order valence-corrected chi connectivity index (χ2v) is 11.6. The van der Waals surface area contributed by atoms with Gasteiger partial charge in [0.1, 0.15) is 6.54 Å². The minimum absolute atomic E-state index is 0.00682. The molecule has 0 radical (unpaired) electrons. The number of nitrogens with zero attached hydrogens (tertiary/aromatic N) is 3. The van der Waals surface area contributed by atoms with Crippen LogP contribution >= 0.6 is 43.5 Å². The van der Waals surface area contributed by atoms with Gasteiger partial charge in [-0.15, -0.1) is 0 Å². The van der Waals surface area contributed by atoms with Crippen LogP contribution in [0.1, 0.15) is 27.1 Å². The van der Waals surface area contributed by atoms with Gasteiger partial charge in [0.15, 0.2) is 5.78 Å². The van der Waals surface area contributed by atoms with Crippen molar-refractivity contribution in [2.24, 2.45) is 23.7 Å². The molecular weight excluding hydrogens is 622 g/mol. The molecule has 3 aliphatic rings. The van der Waals surface area contributed by atoms with Crippen LogP contribution in [0.15, 0.2) is 48.5 Å². The molecular formula is C24H18Br2ClN3O6. The number of nitro groups is 1. The van der Waals surface area contributed by atoms with Crippen molar-refractivity contribution in [3.05, 3.63) is 74.8 Å². The summed E-state index contributed by atoms with van der Waals surface area (Å²) in [7, 11) is 0. The zero-order valence-electron chi connectivity index (χ0n) is 18.4. The fourth-order valence-electron chi connectivity index (χ4n) is 5.57. The van der Waals surface area contributed by atoms with Gasteiger partial charge in [-0.05, 0) is 42.5 Å². The number of alkyl halides is 2. The van der Waals surface area contributed by atoms with Gasteiger partial charge in [-0.3, -0.25) is 29.3 Å². The Morgan fingerprint density at radius 2 is 1.58 bits per heavy atom. The number of fused-ring (bicyclic) bond motifs is 5. The number of halogens is 3. The number of nitro benzene ring substituents is 1. The number of rotatable bonds is 6. The number of carbonyl (C=O) groups is 4. The number of hydrogen-bond acceptors (Lipinski definition) is 6. The van der Waals surface area contributed by atoms with Gasteiger partial charge in [0.05, 0.1) is 16.8 Å². The average Bonchev–Trinajstić information content (AvgIpc) is 3.47. The quantitative estimate of drug-likeness (QED) is 0.153. The monoisotopic (exact) mass is 637 g/mol. The van der Waals surface area contributed by atoms with Crippen LogP contribution in [0, 0.1) is 33.8 Å². The molecule has 6 atom stereocenters. The topological polar surface area (TPSA) is 118 Å². The van der Waals surface area contributed by atoms with Crippen molar-refractivity contribution in [3.63, 3.8) is 0 Å². The summed E-state index contributed by atoms with van der Waals surface area (Å²) in [6.45, 7) is -0.648. The lowest BCUT2D eigenvalue weighted by molar-refractivity contribution is -0.384. The molecule has 0 N–H and O–H groups in total. The number of imide groups is 1. The SMILES string of the molecule is O=C(CN(C(=O)c1ccc(Cl)cc1)N1C(=O)[C@@H]2[C@H]3C[C@@H]([C@H](Br)[C@H]3Br)[C@@H]2C1=O)c1cccc([N+](=O)[O-])c1.